The fraction of sp³-hybridized carbons (Fsp3) is 0.591. The third kappa shape index (κ3) is 4.98. The molecule has 1 aliphatic carbocycles. The van der Waals surface area contributed by atoms with Crippen molar-refractivity contribution in [2.24, 2.45) is 5.92 Å². The third-order valence-corrected chi connectivity index (χ3v) is 6.87. The number of benzene rings is 1. The highest BCUT2D eigenvalue weighted by atomic mass is 35.5. The molecule has 2 aliphatic rings. The number of likely N-dealkylation sites (tertiary alicyclic amines) is 1. The Morgan fingerprint density at radius 3 is 2.77 bits per heavy atom. The molecule has 1 atom stereocenters. The number of rotatable bonds is 5. The molecule has 1 aromatic heterocycles. The molecule has 1 amide bonds. The van der Waals surface area contributed by atoms with E-state index in [9.17, 15) is 4.79 Å². The van der Waals surface area contributed by atoms with E-state index in [1.807, 2.05) is 11.9 Å². The summed E-state index contributed by atoms with van der Waals surface area (Å²) < 4.78 is 5.46. The lowest BCUT2D eigenvalue weighted by molar-refractivity contribution is -0.138. The summed E-state index contributed by atoms with van der Waals surface area (Å²) in [5.74, 6) is 1.31. The standard InChI is InChI=1S/C22H28Cl2N4O2/c1-27(17-7-3-2-4-8-17)22(29)15-6-5-11-28(13-15)14-20-25-21(26-30-20)18-10-9-16(23)12-19(18)24/h9-10,12,15,17H,2-8,11,13-14H2,1H3. The highest BCUT2D eigenvalue weighted by Crippen LogP contribution is 2.29. The zero-order valence-electron chi connectivity index (χ0n) is 17.3. The molecule has 0 radical (unpaired) electrons. The third-order valence-electron chi connectivity index (χ3n) is 6.32. The summed E-state index contributed by atoms with van der Waals surface area (Å²) in [6, 6.07) is 5.61. The van der Waals surface area contributed by atoms with Crippen LogP contribution in [0.5, 0.6) is 0 Å². The van der Waals surface area contributed by atoms with Crippen molar-refractivity contribution in [1.29, 1.82) is 0 Å². The van der Waals surface area contributed by atoms with Gasteiger partial charge in [0.1, 0.15) is 0 Å². The Kier molecular flexibility index (Phi) is 6.96. The molecule has 4 rings (SSSR count). The van der Waals surface area contributed by atoms with Crippen LogP contribution in [0.25, 0.3) is 11.4 Å². The predicted octanol–water partition coefficient (Wildman–Crippen LogP) is 5.05. The van der Waals surface area contributed by atoms with E-state index in [1.165, 1.54) is 19.3 Å². The van der Waals surface area contributed by atoms with Crippen molar-refractivity contribution < 1.29 is 9.32 Å². The summed E-state index contributed by atoms with van der Waals surface area (Å²) in [5.41, 5.74) is 0.692. The average Bonchev–Trinajstić information content (AvgIpc) is 3.21. The van der Waals surface area contributed by atoms with Gasteiger partial charge in [0.15, 0.2) is 0 Å². The van der Waals surface area contributed by atoms with Gasteiger partial charge < -0.3 is 9.42 Å². The zero-order chi connectivity index (χ0) is 21.1. The maximum absolute atomic E-state index is 13.1. The Morgan fingerprint density at radius 2 is 2.00 bits per heavy atom. The Bertz CT molecular complexity index is 882. The highest BCUT2D eigenvalue weighted by Gasteiger charge is 2.31. The molecular weight excluding hydrogens is 423 g/mol. The molecule has 6 nitrogen and oxygen atoms in total. The van der Waals surface area contributed by atoms with E-state index in [2.05, 4.69) is 15.0 Å². The molecular formula is C22H28Cl2N4O2. The number of amides is 1. The smallest absolute Gasteiger partial charge is 0.241 e. The number of carbonyl (C=O) groups is 1. The molecule has 8 heteroatoms. The minimum absolute atomic E-state index is 0.0405. The molecule has 2 heterocycles. The van der Waals surface area contributed by atoms with Gasteiger partial charge in [0, 0.05) is 30.2 Å². The molecule has 1 saturated heterocycles. The van der Waals surface area contributed by atoms with Gasteiger partial charge in [0.05, 0.1) is 17.5 Å². The highest BCUT2D eigenvalue weighted by molar-refractivity contribution is 6.36. The van der Waals surface area contributed by atoms with E-state index in [0.29, 0.717) is 39.9 Å². The van der Waals surface area contributed by atoms with Gasteiger partial charge in [-0.1, -0.05) is 47.6 Å². The number of hydrogen-bond donors (Lipinski definition) is 0. The van der Waals surface area contributed by atoms with Crippen molar-refractivity contribution in [1.82, 2.24) is 19.9 Å². The van der Waals surface area contributed by atoms with E-state index in [0.717, 1.165) is 38.8 Å². The first kappa shape index (κ1) is 21.6. The van der Waals surface area contributed by atoms with E-state index in [1.54, 1.807) is 18.2 Å². The maximum atomic E-state index is 13.1. The lowest BCUT2D eigenvalue weighted by atomic mass is 9.91. The summed E-state index contributed by atoms with van der Waals surface area (Å²) in [4.78, 5) is 21.8. The zero-order valence-corrected chi connectivity index (χ0v) is 18.8. The Morgan fingerprint density at radius 1 is 1.20 bits per heavy atom. The molecule has 1 unspecified atom stereocenters. The number of carbonyl (C=O) groups excluding carboxylic acids is 1. The van der Waals surface area contributed by atoms with Crippen LogP contribution < -0.4 is 0 Å². The first-order chi connectivity index (χ1) is 14.5. The van der Waals surface area contributed by atoms with E-state index in [-0.39, 0.29) is 11.8 Å². The molecule has 0 N–H and O–H groups in total. The van der Waals surface area contributed by atoms with E-state index < -0.39 is 0 Å². The molecule has 30 heavy (non-hydrogen) atoms. The Balaban J connectivity index is 1.37. The molecule has 0 bridgehead atoms. The largest absolute Gasteiger partial charge is 0.342 e. The van der Waals surface area contributed by atoms with E-state index >= 15 is 0 Å². The van der Waals surface area contributed by atoms with Gasteiger partial charge in [-0.2, -0.15) is 4.98 Å². The normalized spacial score (nSPS) is 21.0. The van der Waals surface area contributed by atoms with Crippen LogP contribution in [-0.2, 0) is 11.3 Å². The van der Waals surface area contributed by atoms with Crippen molar-refractivity contribution in [3.05, 3.63) is 34.1 Å². The summed E-state index contributed by atoms with van der Waals surface area (Å²) >= 11 is 12.2. The van der Waals surface area contributed by atoms with Gasteiger partial charge in [-0.25, -0.2) is 0 Å². The van der Waals surface area contributed by atoms with Crippen LogP contribution in [0.2, 0.25) is 10.0 Å². The second-order valence-corrected chi connectivity index (χ2v) is 9.29. The lowest BCUT2D eigenvalue weighted by Gasteiger charge is -2.37. The molecule has 2 aromatic rings. The summed E-state index contributed by atoms with van der Waals surface area (Å²) in [6.07, 6.45) is 7.98. The van der Waals surface area contributed by atoms with Gasteiger partial charge in [-0.3, -0.25) is 9.69 Å². The number of aromatic nitrogens is 2. The van der Waals surface area contributed by atoms with E-state index in [4.69, 9.17) is 27.7 Å². The van der Waals surface area contributed by atoms with Crippen LogP contribution in [0.1, 0.15) is 50.8 Å². The molecule has 1 aromatic carbocycles. The van der Waals surface area contributed by atoms with Crippen LogP contribution >= 0.6 is 23.2 Å². The van der Waals surface area contributed by atoms with Gasteiger partial charge in [-0.05, 0) is 50.4 Å². The molecule has 1 aliphatic heterocycles. The summed E-state index contributed by atoms with van der Waals surface area (Å²) in [6.45, 7) is 2.20. The van der Waals surface area contributed by atoms with Crippen LogP contribution in [-0.4, -0.2) is 52.0 Å². The van der Waals surface area contributed by atoms with Gasteiger partial charge in [-0.15, -0.1) is 0 Å². The van der Waals surface area contributed by atoms with Crippen molar-refractivity contribution in [2.75, 3.05) is 20.1 Å². The number of hydrogen-bond acceptors (Lipinski definition) is 5. The van der Waals surface area contributed by atoms with Crippen LogP contribution in [0.4, 0.5) is 0 Å². The SMILES string of the molecule is CN(C(=O)C1CCCN(Cc2nc(-c3ccc(Cl)cc3Cl)no2)C1)C1CCCCC1. The maximum Gasteiger partial charge on any atom is 0.241 e. The quantitative estimate of drug-likeness (QED) is 0.637. The molecule has 2 fully saturated rings. The van der Waals surface area contributed by atoms with Crippen molar-refractivity contribution in [3.63, 3.8) is 0 Å². The monoisotopic (exact) mass is 450 g/mol. The topological polar surface area (TPSA) is 62.5 Å². The van der Waals surface area contributed by atoms with Gasteiger partial charge in [0.25, 0.3) is 0 Å². The van der Waals surface area contributed by atoms with Crippen LogP contribution in [0.3, 0.4) is 0 Å². The lowest BCUT2D eigenvalue weighted by Crippen LogP contribution is -2.47. The first-order valence-corrected chi connectivity index (χ1v) is 11.5. The minimum Gasteiger partial charge on any atom is -0.342 e. The van der Waals surface area contributed by atoms with Crippen molar-refractivity contribution >= 4 is 29.1 Å². The molecule has 1 saturated carbocycles. The van der Waals surface area contributed by atoms with Gasteiger partial charge in [0.2, 0.25) is 17.6 Å². The van der Waals surface area contributed by atoms with Gasteiger partial charge >= 0.3 is 0 Å². The molecule has 162 valence electrons. The fourth-order valence-electron chi connectivity index (χ4n) is 4.63. The second kappa shape index (κ2) is 9.67. The number of halogens is 2. The van der Waals surface area contributed by atoms with Crippen molar-refractivity contribution in [3.8, 4) is 11.4 Å². The van der Waals surface area contributed by atoms with Crippen LogP contribution in [0.15, 0.2) is 22.7 Å². The first-order valence-electron chi connectivity index (χ1n) is 10.8. The second-order valence-electron chi connectivity index (χ2n) is 8.45. The van der Waals surface area contributed by atoms with Crippen molar-refractivity contribution in [2.45, 2.75) is 57.5 Å². The van der Waals surface area contributed by atoms with Crippen LogP contribution in [0, 0.1) is 5.92 Å². The average molecular weight is 451 g/mol. The fourth-order valence-corrected chi connectivity index (χ4v) is 5.12. The summed E-state index contributed by atoms with van der Waals surface area (Å²) in [7, 11) is 1.98. The molecule has 0 spiro atoms. The Labute approximate surface area is 187 Å². The summed E-state index contributed by atoms with van der Waals surface area (Å²) in [5, 5.41) is 5.13. The minimum atomic E-state index is 0.0405. The Hall–Kier alpha value is -1.63. The predicted molar refractivity (Wildman–Crippen MR) is 117 cm³/mol. The number of piperidine rings is 1. The number of nitrogens with zero attached hydrogens (tertiary/aromatic N) is 4.